The maximum absolute atomic E-state index is 13.0. The second kappa shape index (κ2) is 8.82. The third-order valence-electron chi connectivity index (χ3n) is 3.83. The topological polar surface area (TPSA) is 26.3 Å². The molecule has 5 heteroatoms. The van der Waals surface area contributed by atoms with E-state index >= 15 is 0 Å². The van der Waals surface area contributed by atoms with Crippen LogP contribution in [0.25, 0.3) is 0 Å². The zero-order valence-electron chi connectivity index (χ0n) is 12.8. The molecule has 20 heavy (non-hydrogen) atoms. The Morgan fingerprint density at radius 2 is 1.75 bits per heavy atom. The molecule has 2 nitrogen and oxygen atoms in total. The fraction of sp³-hybridized carbons (Fsp3) is 0.600. The molecule has 0 saturated heterocycles. The first-order chi connectivity index (χ1) is 9.49. The van der Waals surface area contributed by atoms with Crippen molar-refractivity contribution in [2.45, 2.75) is 40.5 Å². The minimum atomic E-state index is -2.70. The Labute approximate surface area is 131 Å². The second-order valence-corrected chi connectivity index (χ2v) is 25.1. The van der Waals surface area contributed by atoms with Gasteiger partial charge in [-0.1, -0.05) is 0 Å². The van der Waals surface area contributed by atoms with Crippen LogP contribution >= 0.6 is 16.3 Å². The molecule has 0 bridgehead atoms. The molecule has 0 amide bonds. The molecule has 0 aliphatic rings. The van der Waals surface area contributed by atoms with Crippen LogP contribution in [0.15, 0.2) is 30.3 Å². The summed E-state index contributed by atoms with van der Waals surface area (Å²) in [5, 5.41) is 0.838. The monoisotopic (exact) mass is 424 g/mol. The van der Waals surface area contributed by atoms with Crippen LogP contribution in [0.2, 0.25) is 13.3 Å². The van der Waals surface area contributed by atoms with Crippen molar-refractivity contribution < 1.29 is 9.09 Å². The van der Waals surface area contributed by atoms with E-state index in [4.69, 9.17) is 13.4 Å². The Balaban J connectivity index is 2.72. The number of hydrogen-bond donors (Lipinski definition) is 0. The molecule has 0 saturated carbocycles. The molecular formula is C15H26ClO2PSn. The van der Waals surface area contributed by atoms with Crippen molar-refractivity contribution in [3.63, 3.8) is 0 Å². The van der Waals surface area contributed by atoms with Crippen LogP contribution in [0.4, 0.5) is 0 Å². The van der Waals surface area contributed by atoms with Crippen LogP contribution < -0.4 is 5.30 Å². The van der Waals surface area contributed by atoms with Crippen LogP contribution in [-0.4, -0.2) is 30.0 Å². The van der Waals surface area contributed by atoms with E-state index in [2.05, 4.69) is 13.8 Å². The fourth-order valence-electron chi connectivity index (χ4n) is 2.34. The van der Waals surface area contributed by atoms with Gasteiger partial charge in [-0.2, -0.15) is 0 Å². The predicted octanol–water partition coefficient (Wildman–Crippen LogP) is 5.24. The molecule has 0 fully saturated rings. The van der Waals surface area contributed by atoms with Crippen LogP contribution in [0.3, 0.4) is 0 Å². The Morgan fingerprint density at radius 1 is 1.15 bits per heavy atom. The van der Waals surface area contributed by atoms with Crippen molar-refractivity contribution in [1.82, 2.24) is 0 Å². The number of benzene rings is 1. The van der Waals surface area contributed by atoms with Crippen LogP contribution in [0, 0.1) is 0 Å². The van der Waals surface area contributed by atoms with Crippen molar-refractivity contribution in [3.05, 3.63) is 30.3 Å². The number of rotatable bonds is 9. The molecule has 0 N–H and O–H groups in total. The maximum atomic E-state index is 13.0. The first kappa shape index (κ1) is 18.5. The van der Waals surface area contributed by atoms with Gasteiger partial charge in [-0.15, -0.1) is 0 Å². The van der Waals surface area contributed by atoms with Crippen molar-refractivity contribution in [3.8, 4) is 0 Å². The molecule has 0 spiro atoms. The third kappa shape index (κ3) is 5.36. The Kier molecular flexibility index (Phi) is 8.18. The molecule has 0 radical (unpaired) electrons. The number of halogens is 1. The van der Waals surface area contributed by atoms with Crippen LogP contribution in [0.1, 0.15) is 27.2 Å². The SMILES string of the molecule is CCOP(=O)(CC[CH2][Sn]([Cl])([CH2]C)[CH2]C)c1ccccc1. The molecular weight excluding hydrogens is 397 g/mol. The van der Waals surface area contributed by atoms with E-state index in [0.717, 1.165) is 25.0 Å². The summed E-state index contributed by atoms with van der Waals surface area (Å²) in [5.41, 5.74) is 0. The average molecular weight is 424 g/mol. The van der Waals surface area contributed by atoms with Crippen LogP contribution in [-0.2, 0) is 9.09 Å². The quantitative estimate of drug-likeness (QED) is 0.401. The van der Waals surface area contributed by atoms with Crippen molar-refractivity contribution in [2.24, 2.45) is 0 Å². The second-order valence-electron chi connectivity index (χ2n) is 5.11. The molecule has 1 atom stereocenters. The van der Waals surface area contributed by atoms with Crippen LogP contribution in [0.5, 0.6) is 0 Å². The first-order valence-corrected chi connectivity index (χ1v) is 19.0. The summed E-state index contributed by atoms with van der Waals surface area (Å²) in [6.07, 6.45) is 1.55. The Hall–Kier alpha value is 0.499. The summed E-state index contributed by atoms with van der Waals surface area (Å²) in [6, 6.07) is 9.60. The van der Waals surface area contributed by atoms with Gasteiger partial charge in [0.25, 0.3) is 0 Å². The first-order valence-electron chi connectivity index (χ1n) is 7.48. The van der Waals surface area contributed by atoms with Gasteiger partial charge in [0.15, 0.2) is 0 Å². The van der Waals surface area contributed by atoms with Crippen molar-refractivity contribution >= 4 is 38.8 Å². The van der Waals surface area contributed by atoms with E-state index in [0.29, 0.717) is 12.8 Å². The minimum absolute atomic E-state index is 0.489. The summed E-state index contributed by atoms with van der Waals surface area (Å²) in [5.74, 6) is 0. The fourth-order valence-corrected chi connectivity index (χ4v) is 12.0. The van der Waals surface area contributed by atoms with Gasteiger partial charge in [0, 0.05) is 0 Å². The predicted molar refractivity (Wildman–Crippen MR) is 92.2 cm³/mol. The van der Waals surface area contributed by atoms with Gasteiger partial charge >= 0.3 is 132 Å². The summed E-state index contributed by atoms with van der Waals surface area (Å²) < 4.78 is 22.1. The van der Waals surface area contributed by atoms with E-state index in [1.807, 2.05) is 37.3 Å². The molecule has 0 heterocycles. The summed E-state index contributed by atoms with van der Waals surface area (Å²) in [7, 11) is 4.04. The van der Waals surface area contributed by atoms with Gasteiger partial charge in [-0.3, -0.25) is 0 Å². The molecule has 1 aromatic carbocycles. The van der Waals surface area contributed by atoms with E-state index < -0.39 is 24.6 Å². The molecule has 1 rings (SSSR count). The summed E-state index contributed by atoms with van der Waals surface area (Å²) >= 11 is -2.38. The normalized spacial score (nSPS) is 15.0. The van der Waals surface area contributed by atoms with Gasteiger partial charge in [0.1, 0.15) is 0 Å². The molecule has 0 aliphatic carbocycles. The summed E-state index contributed by atoms with van der Waals surface area (Å²) in [6.45, 7) is 6.79. The zero-order valence-corrected chi connectivity index (χ0v) is 17.3. The summed E-state index contributed by atoms with van der Waals surface area (Å²) in [4.78, 5) is 0. The molecule has 1 aromatic rings. The van der Waals surface area contributed by atoms with Gasteiger partial charge < -0.3 is 0 Å². The van der Waals surface area contributed by atoms with Gasteiger partial charge in [-0.25, -0.2) is 0 Å². The van der Waals surface area contributed by atoms with E-state index in [-0.39, 0.29) is 0 Å². The van der Waals surface area contributed by atoms with Gasteiger partial charge in [0.05, 0.1) is 0 Å². The van der Waals surface area contributed by atoms with E-state index in [1.165, 1.54) is 0 Å². The van der Waals surface area contributed by atoms with E-state index in [9.17, 15) is 4.57 Å². The average Bonchev–Trinajstić information content (AvgIpc) is 2.48. The van der Waals surface area contributed by atoms with Gasteiger partial charge in [-0.05, 0) is 0 Å². The Morgan fingerprint density at radius 3 is 2.25 bits per heavy atom. The van der Waals surface area contributed by atoms with Crippen molar-refractivity contribution in [2.75, 3.05) is 12.8 Å². The molecule has 0 aliphatic heterocycles. The number of hydrogen-bond acceptors (Lipinski definition) is 2. The van der Waals surface area contributed by atoms with Gasteiger partial charge in [0.2, 0.25) is 0 Å². The molecule has 114 valence electrons. The van der Waals surface area contributed by atoms with Crippen molar-refractivity contribution in [1.29, 1.82) is 0 Å². The molecule has 0 aromatic heterocycles. The van der Waals surface area contributed by atoms with E-state index in [1.54, 1.807) is 0 Å². The molecule has 1 unspecified atom stereocenters. The standard InChI is InChI=1S/C11H16O2P.2C2H5.ClH.Sn/c1-3-10-14(12,13-4-2)11-8-6-5-7-9-11;2*1-2;;/h5-9H,1,3-4,10H2,2H3;2*1H2,2H3;1H;/q;;;;+1/p-1. The zero-order chi connectivity index (χ0) is 15.1. The Bertz CT molecular complexity index is 435. The third-order valence-corrected chi connectivity index (χ3v) is 22.2.